The zero-order valence-corrected chi connectivity index (χ0v) is 18.1. The Morgan fingerprint density at radius 2 is 1.77 bits per heavy atom. The molecule has 5 nitrogen and oxygen atoms in total. The van der Waals surface area contributed by atoms with E-state index in [9.17, 15) is 4.79 Å². The number of aromatic nitrogens is 2. The highest BCUT2D eigenvalue weighted by atomic mass is 35.5. The van der Waals surface area contributed by atoms with Gasteiger partial charge in [-0.2, -0.15) is 0 Å². The predicted octanol–water partition coefficient (Wildman–Crippen LogP) is 6.16. The lowest BCUT2D eigenvalue weighted by molar-refractivity contribution is -0.138. The average Bonchev–Trinajstić information content (AvgIpc) is 2.78. The number of carbonyl (C=O) groups is 1. The molecule has 31 heavy (non-hydrogen) atoms. The van der Waals surface area contributed by atoms with Gasteiger partial charge in [0, 0.05) is 23.6 Å². The van der Waals surface area contributed by atoms with E-state index in [4.69, 9.17) is 16.7 Å². The van der Waals surface area contributed by atoms with E-state index in [1.54, 1.807) is 0 Å². The van der Waals surface area contributed by atoms with Crippen molar-refractivity contribution in [3.8, 4) is 11.3 Å². The van der Waals surface area contributed by atoms with E-state index >= 15 is 0 Å². The number of benzene rings is 2. The molecule has 6 heteroatoms. The molecular weight excluding hydrogens is 410 g/mol. The second-order valence-electron chi connectivity index (χ2n) is 8.22. The van der Waals surface area contributed by atoms with Crippen molar-refractivity contribution in [2.45, 2.75) is 44.6 Å². The Bertz CT molecular complexity index is 1010. The van der Waals surface area contributed by atoms with E-state index in [-0.39, 0.29) is 0 Å². The largest absolute Gasteiger partial charge is 0.481 e. The summed E-state index contributed by atoms with van der Waals surface area (Å²) in [6.45, 7) is 0.637. The predicted molar refractivity (Wildman–Crippen MR) is 123 cm³/mol. The van der Waals surface area contributed by atoms with Gasteiger partial charge in [0.1, 0.15) is 5.82 Å². The van der Waals surface area contributed by atoms with Crippen LogP contribution in [0.3, 0.4) is 0 Å². The second kappa shape index (κ2) is 9.92. The Kier molecular flexibility index (Phi) is 6.82. The summed E-state index contributed by atoms with van der Waals surface area (Å²) in [5.74, 6) is 0.885. The smallest absolute Gasteiger partial charge is 0.303 e. The molecule has 0 spiro atoms. The molecule has 1 saturated carbocycles. The number of rotatable bonds is 7. The van der Waals surface area contributed by atoms with E-state index in [1.807, 2.05) is 36.4 Å². The fraction of sp³-hybridized carbons (Fsp3) is 0.320. The van der Waals surface area contributed by atoms with Crippen molar-refractivity contribution in [2.75, 3.05) is 5.32 Å². The molecule has 0 radical (unpaired) electrons. The van der Waals surface area contributed by atoms with E-state index < -0.39 is 5.97 Å². The van der Waals surface area contributed by atoms with Crippen LogP contribution in [0.4, 0.5) is 5.82 Å². The standard InChI is InChI=1S/C25H26ClN3O2/c26-22-3-1-2-18(14-22)16-27-24-13-12-23(28-29-24)21-10-8-20(9-11-21)19-6-4-17(5-7-19)15-25(30)31/h1-3,8-14,17,19H,4-7,15-16H2,(H,27,29)(H,30,31). The molecule has 0 atom stereocenters. The summed E-state index contributed by atoms with van der Waals surface area (Å²) >= 11 is 6.02. The average molecular weight is 436 g/mol. The molecule has 3 aromatic rings. The molecule has 1 aromatic heterocycles. The first kappa shape index (κ1) is 21.3. The van der Waals surface area contributed by atoms with Gasteiger partial charge in [0.15, 0.2) is 0 Å². The van der Waals surface area contributed by atoms with Crippen molar-refractivity contribution in [3.05, 3.63) is 76.8 Å². The Morgan fingerprint density at radius 3 is 2.42 bits per heavy atom. The number of carboxylic acid groups (broad SMARTS) is 1. The van der Waals surface area contributed by atoms with E-state index in [1.165, 1.54) is 5.56 Å². The molecule has 0 unspecified atom stereocenters. The van der Waals surface area contributed by atoms with E-state index in [0.717, 1.165) is 53.3 Å². The lowest BCUT2D eigenvalue weighted by Gasteiger charge is -2.28. The van der Waals surface area contributed by atoms with Crippen LogP contribution >= 0.6 is 11.6 Å². The minimum atomic E-state index is -0.681. The van der Waals surface area contributed by atoms with Gasteiger partial charge < -0.3 is 10.4 Å². The number of nitrogens with zero attached hydrogens (tertiary/aromatic N) is 2. The highest BCUT2D eigenvalue weighted by Crippen LogP contribution is 2.37. The Balaban J connectivity index is 1.33. The van der Waals surface area contributed by atoms with Crippen LogP contribution in [0.5, 0.6) is 0 Å². The van der Waals surface area contributed by atoms with Gasteiger partial charge in [-0.05, 0) is 72.9 Å². The summed E-state index contributed by atoms with van der Waals surface area (Å²) in [6, 6.07) is 20.2. The summed E-state index contributed by atoms with van der Waals surface area (Å²) in [6.07, 6.45) is 4.41. The zero-order chi connectivity index (χ0) is 21.6. The highest BCUT2D eigenvalue weighted by Gasteiger charge is 2.23. The number of hydrogen-bond donors (Lipinski definition) is 2. The van der Waals surface area contributed by atoms with Crippen molar-refractivity contribution in [1.82, 2.24) is 10.2 Å². The van der Waals surface area contributed by atoms with Crippen molar-refractivity contribution in [3.63, 3.8) is 0 Å². The summed E-state index contributed by atoms with van der Waals surface area (Å²) in [5, 5.41) is 21.6. The van der Waals surface area contributed by atoms with Gasteiger partial charge in [-0.25, -0.2) is 0 Å². The number of nitrogens with one attached hydrogen (secondary N) is 1. The van der Waals surface area contributed by atoms with Gasteiger partial charge in [-0.3, -0.25) is 4.79 Å². The second-order valence-corrected chi connectivity index (χ2v) is 8.66. The van der Waals surface area contributed by atoms with Crippen LogP contribution in [0.2, 0.25) is 5.02 Å². The van der Waals surface area contributed by atoms with Gasteiger partial charge in [0.2, 0.25) is 0 Å². The number of anilines is 1. The Labute approximate surface area is 187 Å². The van der Waals surface area contributed by atoms with Crippen LogP contribution in [0.15, 0.2) is 60.7 Å². The van der Waals surface area contributed by atoms with Crippen LogP contribution in [0.1, 0.15) is 49.1 Å². The SMILES string of the molecule is O=C(O)CC1CCC(c2ccc(-c3ccc(NCc4cccc(Cl)c4)nn3)cc2)CC1. The molecule has 0 bridgehead atoms. The van der Waals surface area contributed by atoms with Crippen molar-refractivity contribution in [1.29, 1.82) is 0 Å². The summed E-state index contributed by atoms with van der Waals surface area (Å²) in [7, 11) is 0. The number of halogens is 1. The third-order valence-corrected chi connectivity index (χ3v) is 6.25. The van der Waals surface area contributed by atoms with Crippen LogP contribution in [-0.4, -0.2) is 21.3 Å². The van der Waals surface area contributed by atoms with Crippen LogP contribution in [0, 0.1) is 5.92 Å². The molecule has 1 fully saturated rings. The summed E-state index contributed by atoms with van der Waals surface area (Å²) < 4.78 is 0. The normalized spacial score (nSPS) is 18.5. The van der Waals surface area contributed by atoms with Gasteiger partial charge in [0.25, 0.3) is 0 Å². The zero-order valence-electron chi connectivity index (χ0n) is 17.3. The molecule has 2 aromatic carbocycles. The molecule has 0 saturated heterocycles. The topological polar surface area (TPSA) is 75.1 Å². The lowest BCUT2D eigenvalue weighted by atomic mass is 9.77. The first-order valence-electron chi connectivity index (χ1n) is 10.7. The third kappa shape index (κ3) is 5.82. The molecule has 4 rings (SSSR count). The molecule has 1 aliphatic rings. The van der Waals surface area contributed by atoms with Crippen molar-refractivity contribution in [2.24, 2.45) is 5.92 Å². The molecule has 160 valence electrons. The minimum absolute atomic E-state index is 0.300. The molecule has 1 heterocycles. The molecule has 0 aliphatic heterocycles. The Morgan fingerprint density at radius 1 is 1.00 bits per heavy atom. The fourth-order valence-electron chi connectivity index (χ4n) is 4.29. The summed E-state index contributed by atoms with van der Waals surface area (Å²) in [5.41, 5.74) is 4.29. The van der Waals surface area contributed by atoms with E-state index in [2.05, 4.69) is 39.8 Å². The van der Waals surface area contributed by atoms with Crippen LogP contribution in [0.25, 0.3) is 11.3 Å². The fourth-order valence-corrected chi connectivity index (χ4v) is 4.51. The number of hydrogen-bond acceptors (Lipinski definition) is 4. The third-order valence-electron chi connectivity index (χ3n) is 6.02. The van der Waals surface area contributed by atoms with Crippen molar-refractivity contribution >= 4 is 23.4 Å². The molecule has 1 aliphatic carbocycles. The maximum atomic E-state index is 10.9. The lowest BCUT2D eigenvalue weighted by Crippen LogP contribution is -2.16. The van der Waals surface area contributed by atoms with Crippen LogP contribution in [-0.2, 0) is 11.3 Å². The first-order valence-corrected chi connectivity index (χ1v) is 11.1. The number of aliphatic carboxylic acids is 1. The maximum Gasteiger partial charge on any atom is 0.303 e. The van der Waals surface area contributed by atoms with Gasteiger partial charge in [0.05, 0.1) is 5.69 Å². The minimum Gasteiger partial charge on any atom is -0.481 e. The number of carboxylic acids is 1. The van der Waals surface area contributed by atoms with Gasteiger partial charge in [-0.15, -0.1) is 10.2 Å². The monoisotopic (exact) mass is 435 g/mol. The quantitative estimate of drug-likeness (QED) is 0.465. The van der Waals surface area contributed by atoms with Gasteiger partial charge in [-0.1, -0.05) is 48.0 Å². The van der Waals surface area contributed by atoms with E-state index in [0.29, 0.717) is 24.8 Å². The van der Waals surface area contributed by atoms with Crippen molar-refractivity contribution < 1.29 is 9.90 Å². The summed E-state index contributed by atoms with van der Waals surface area (Å²) in [4.78, 5) is 10.9. The van der Waals surface area contributed by atoms with Crippen LogP contribution < -0.4 is 5.32 Å². The van der Waals surface area contributed by atoms with Gasteiger partial charge >= 0.3 is 5.97 Å². The molecular formula is C25H26ClN3O2. The molecule has 0 amide bonds. The Hall–Kier alpha value is -2.92. The molecule has 2 N–H and O–H groups in total. The maximum absolute atomic E-state index is 10.9. The first-order chi connectivity index (χ1) is 15.1. The highest BCUT2D eigenvalue weighted by molar-refractivity contribution is 6.30.